The van der Waals surface area contributed by atoms with Crippen molar-refractivity contribution in [1.29, 1.82) is 0 Å². The second kappa shape index (κ2) is 12.1. The van der Waals surface area contributed by atoms with E-state index in [2.05, 4.69) is 132 Å². The van der Waals surface area contributed by atoms with Crippen molar-refractivity contribution in [1.82, 2.24) is 29.3 Å². The van der Waals surface area contributed by atoms with Crippen LogP contribution in [-0.4, -0.2) is 44.2 Å². The molecule has 0 fully saturated rings. The zero-order valence-electron chi connectivity index (χ0n) is 26.3. The second-order valence-electron chi connectivity index (χ2n) is 13.2. The fourth-order valence-corrected chi connectivity index (χ4v) is 11.9. The van der Waals surface area contributed by atoms with Gasteiger partial charge in [-0.25, -0.2) is 4.98 Å². The molecule has 0 bridgehead atoms. The minimum absolute atomic E-state index is 0.113. The maximum absolute atomic E-state index is 7.44. The summed E-state index contributed by atoms with van der Waals surface area (Å²) in [6.45, 7) is 8.91. The summed E-state index contributed by atoms with van der Waals surface area (Å²) in [5, 5.41) is 7.91. The number of rotatable bonds is 9. The molecule has 234 valence electrons. The van der Waals surface area contributed by atoms with E-state index in [1.165, 1.54) is 21.5 Å². The van der Waals surface area contributed by atoms with Crippen LogP contribution in [0.4, 0.5) is 5.95 Å². The van der Waals surface area contributed by atoms with Crippen molar-refractivity contribution in [3.05, 3.63) is 125 Å². The quantitative estimate of drug-likeness (QED) is 0.149. The van der Waals surface area contributed by atoms with Gasteiger partial charge >= 0.3 is 0 Å². The van der Waals surface area contributed by atoms with E-state index in [4.69, 9.17) is 26.9 Å². The van der Waals surface area contributed by atoms with Crippen LogP contribution in [0, 0.1) is 0 Å². The molecule has 3 heterocycles. The van der Waals surface area contributed by atoms with Crippen molar-refractivity contribution in [2.45, 2.75) is 57.2 Å². The molecule has 10 heteroatoms. The Morgan fingerprint density at radius 2 is 1.52 bits per heavy atom. The predicted octanol–water partition coefficient (Wildman–Crippen LogP) is 6.15. The Morgan fingerprint density at radius 3 is 2.15 bits per heavy atom. The van der Waals surface area contributed by atoms with E-state index < -0.39 is 8.32 Å². The Kier molecular flexibility index (Phi) is 8.00. The lowest BCUT2D eigenvalue weighted by Gasteiger charge is -2.43. The summed E-state index contributed by atoms with van der Waals surface area (Å²) in [5.41, 5.74) is 10.7. The van der Waals surface area contributed by atoms with Gasteiger partial charge in [0.15, 0.2) is 10.8 Å². The summed E-state index contributed by atoms with van der Waals surface area (Å²) in [4.78, 5) is 13.1. The van der Waals surface area contributed by atoms with Gasteiger partial charge in [-0.1, -0.05) is 123 Å². The van der Waals surface area contributed by atoms with Gasteiger partial charge in [-0.3, -0.25) is 4.68 Å². The second-order valence-corrected chi connectivity index (χ2v) is 17.9. The van der Waals surface area contributed by atoms with E-state index in [-0.39, 0.29) is 28.0 Å². The van der Waals surface area contributed by atoms with E-state index >= 15 is 0 Å². The van der Waals surface area contributed by atoms with Crippen molar-refractivity contribution < 1.29 is 4.43 Å². The molecule has 0 radical (unpaired) electrons. The van der Waals surface area contributed by atoms with Gasteiger partial charge in [0.25, 0.3) is 8.32 Å². The van der Waals surface area contributed by atoms with Gasteiger partial charge in [-0.05, 0) is 33.0 Å². The van der Waals surface area contributed by atoms with E-state index in [0.29, 0.717) is 30.9 Å². The van der Waals surface area contributed by atoms with Gasteiger partial charge in [0.05, 0.1) is 18.6 Å². The maximum Gasteiger partial charge on any atom is 0.261 e. The number of aromatic nitrogens is 6. The number of nitrogen functional groups attached to an aromatic ring is 1. The number of benzene rings is 3. The lowest BCUT2D eigenvalue weighted by Crippen LogP contribution is -2.66. The van der Waals surface area contributed by atoms with E-state index in [9.17, 15) is 0 Å². The molecule has 0 unspecified atom stereocenters. The molecule has 0 saturated carbocycles. The molecule has 1 aliphatic rings. The molecular formula is C36H38ClN7OSi. The van der Waals surface area contributed by atoms with E-state index in [0.717, 1.165) is 12.1 Å². The van der Waals surface area contributed by atoms with Gasteiger partial charge in [-0.2, -0.15) is 15.1 Å². The van der Waals surface area contributed by atoms with Crippen molar-refractivity contribution in [2.24, 2.45) is 0 Å². The van der Waals surface area contributed by atoms with Gasteiger partial charge in [0.2, 0.25) is 5.95 Å². The number of nitrogens with zero attached hydrogens (tertiary/aromatic N) is 6. The minimum atomic E-state index is -2.72. The molecule has 0 amide bonds. The van der Waals surface area contributed by atoms with Crippen molar-refractivity contribution >= 4 is 47.4 Å². The summed E-state index contributed by atoms with van der Waals surface area (Å²) in [7, 11) is -2.72. The van der Waals surface area contributed by atoms with E-state index in [1.807, 2.05) is 10.6 Å². The number of anilines is 1. The highest BCUT2D eigenvalue weighted by atomic mass is 35.5. The first-order valence-electron chi connectivity index (χ1n) is 15.7. The van der Waals surface area contributed by atoms with Crippen LogP contribution in [0.2, 0.25) is 10.2 Å². The number of hydrogen-bond acceptors (Lipinski definition) is 6. The van der Waals surface area contributed by atoms with Crippen LogP contribution in [0.1, 0.15) is 55.8 Å². The molecule has 2 atom stereocenters. The Hall–Kier alpha value is -4.31. The monoisotopic (exact) mass is 647 g/mol. The zero-order chi connectivity index (χ0) is 31.9. The molecule has 46 heavy (non-hydrogen) atoms. The molecule has 0 saturated heterocycles. The number of halogens is 1. The SMILES string of the molecule is CC(C)(C)[Si](OC[C@H]1C[C@@H](Cn2cnc3c(Cl)nc(N)nc32)c2cn(Cc3ccccc3)nc21)(c1ccccc1)c1ccccc1. The normalized spacial score (nSPS) is 16.6. The predicted molar refractivity (Wildman–Crippen MR) is 186 cm³/mol. The van der Waals surface area contributed by atoms with Crippen LogP contribution in [0.3, 0.4) is 0 Å². The van der Waals surface area contributed by atoms with Crippen LogP contribution < -0.4 is 16.1 Å². The molecule has 2 N–H and O–H groups in total. The molecular weight excluding hydrogens is 610 g/mol. The Bertz CT molecular complexity index is 1920. The fraction of sp³-hybridized carbons (Fsp3) is 0.278. The van der Waals surface area contributed by atoms with Crippen molar-refractivity contribution in [2.75, 3.05) is 12.3 Å². The molecule has 0 aliphatic heterocycles. The number of nitrogens with two attached hydrogens (primary N) is 1. The molecule has 3 aromatic carbocycles. The third kappa shape index (κ3) is 5.52. The van der Waals surface area contributed by atoms with Gasteiger partial charge in [0, 0.05) is 31.2 Å². The lowest BCUT2D eigenvalue weighted by molar-refractivity contribution is 0.262. The average Bonchev–Trinajstić information content (AvgIpc) is 3.73. The molecule has 0 spiro atoms. The Labute approximate surface area is 275 Å². The first kappa shape index (κ1) is 30.3. The van der Waals surface area contributed by atoms with Gasteiger partial charge in [0.1, 0.15) is 5.52 Å². The topological polar surface area (TPSA) is 96.7 Å². The summed E-state index contributed by atoms with van der Waals surface area (Å²) in [6.07, 6.45) is 4.90. The molecule has 8 nitrogen and oxygen atoms in total. The smallest absolute Gasteiger partial charge is 0.261 e. The number of hydrogen-bond donors (Lipinski definition) is 1. The number of imidazole rings is 1. The van der Waals surface area contributed by atoms with Crippen LogP contribution >= 0.6 is 11.6 Å². The lowest BCUT2D eigenvalue weighted by atomic mass is 10.0. The average molecular weight is 648 g/mol. The Balaban J connectivity index is 1.25. The highest BCUT2D eigenvalue weighted by Crippen LogP contribution is 2.44. The van der Waals surface area contributed by atoms with Crippen LogP contribution in [0.15, 0.2) is 104 Å². The third-order valence-electron chi connectivity index (χ3n) is 9.18. The first-order valence-corrected chi connectivity index (χ1v) is 18.0. The fourth-order valence-electron chi connectivity index (χ4n) is 7.12. The van der Waals surface area contributed by atoms with Gasteiger partial charge in [-0.15, -0.1) is 0 Å². The highest BCUT2D eigenvalue weighted by Gasteiger charge is 2.51. The number of fused-ring (bicyclic) bond motifs is 2. The van der Waals surface area contributed by atoms with E-state index in [1.54, 1.807) is 6.33 Å². The Morgan fingerprint density at radius 1 is 0.891 bits per heavy atom. The summed E-state index contributed by atoms with van der Waals surface area (Å²) in [5.74, 6) is 0.440. The maximum atomic E-state index is 7.44. The zero-order valence-corrected chi connectivity index (χ0v) is 28.1. The summed E-state index contributed by atoms with van der Waals surface area (Å²) < 4.78 is 11.5. The first-order chi connectivity index (χ1) is 22.2. The third-order valence-corrected chi connectivity index (χ3v) is 14.4. The van der Waals surface area contributed by atoms with Crippen molar-refractivity contribution in [3.8, 4) is 0 Å². The molecule has 1 aliphatic carbocycles. The largest absolute Gasteiger partial charge is 0.407 e. The van der Waals surface area contributed by atoms with Crippen molar-refractivity contribution in [3.63, 3.8) is 0 Å². The summed E-state index contributed by atoms with van der Waals surface area (Å²) in [6, 6.07) is 32.1. The molecule has 3 aromatic heterocycles. The molecule has 6 aromatic rings. The highest BCUT2D eigenvalue weighted by molar-refractivity contribution is 6.99. The molecule has 7 rings (SSSR count). The van der Waals surface area contributed by atoms with Crippen LogP contribution in [0.25, 0.3) is 11.2 Å². The van der Waals surface area contributed by atoms with Gasteiger partial charge < -0.3 is 14.7 Å². The van der Waals surface area contributed by atoms with Crippen LogP contribution in [0.5, 0.6) is 0 Å². The minimum Gasteiger partial charge on any atom is -0.407 e. The van der Waals surface area contributed by atoms with Crippen LogP contribution in [-0.2, 0) is 17.5 Å². The summed E-state index contributed by atoms with van der Waals surface area (Å²) >= 11 is 6.37. The standard InChI is InChI=1S/C36H38ClN7OSi/c1-36(2,3)46(28-15-9-5-10-16-28,29-17-11-6-12-18-29)45-23-27-19-26(21-43-24-39-32-33(37)40-35(38)41-34(32)43)30-22-44(42-31(27)30)20-25-13-7-4-8-14-25/h4-18,22,24,26-27H,19-21,23H2,1-3H3,(H2,38,40,41)/t26-,27+/m0/s1.